The van der Waals surface area contributed by atoms with Crippen LogP contribution in [0.15, 0.2) is 110 Å². The number of aryl methyl sites for hydroxylation is 2. The summed E-state index contributed by atoms with van der Waals surface area (Å²) in [7, 11) is 1.87. The van der Waals surface area contributed by atoms with Gasteiger partial charge in [-0.3, -0.25) is 24.1 Å². The number of amides is 4. The summed E-state index contributed by atoms with van der Waals surface area (Å²) in [5.74, 6) is -0.167. The molecule has 3 aromatic carbocycles. The second-order valence-electron chi connectivity index (χ2n) is 16.0. The van der Waals surface area contributed by atoms with E-state index in [0.29, 0.717) is 23.1 Å². The second kappa shape index (κ2) is 19.0. The van der Waals surface area contributed by atoms with Gasteiger partial charge in [0.25, 0.3) is 5.91 Å². The van der Waals surface area contributed by atoms with Crippen LogP contribution in [0.25, 0.3) is 10.9 Å². The zero-order chi connectivity index (χ0) is 43.2. The minimum Gasteiger partial charge on any atom is -0.508 e. The number of para-hydroxylation sites is 1. The Morgan fingerprint density at radius 3 is 2.50 bits per heavy atom. The number of pyridine rings is 1. The summed E-state index contributed by atoms with van der Waals surface area (Å²) in [4.78, 5) is 67.2. The predicted octanol–water partition coefficient (Wildman–Crippen LogP) is 4.26. The molecule has 5 aromatic rings. The van der Waals surface area contributed by atoms with Gasteiger partial charge >= 0.3 is 0 Å². The van der Waals surface area contributed by atoms with Crippen LogP contribution in [0.4, 0.5) is 11.5 Å². The molecular formula is C47H53N9O6. The van der Waals surface area contributed by atoms with Gasteiger partial charge < -0.3 is 34.8 Å². The van der Waals surface area contributed by atoms with Crippen LogP contribution in [0.2, 0.25) is 0 Å². The molecule has 2 aromatic heterocycles. The molecule has 3 aliphatic heterocycles. The quantitative estimate of drug-likeness (QED) is 0.130. The Kier molecular flexibility index (Phi) is 12.9. The third-order valence-corrected chi connectivity index (χ3v) is 11.8. The number of morpholine rings is 1. The number of aromatic hydroxyl groups is 1. The lowest BCUT2D eigenvalue weighted by Crippen LogP contribution is -2.75. The first-order valence-electron chi connectivity index (χ1n) is 21.1. The summed E-state index contributed by atoms with van der Waals surface area (Å²) in [6, 6.07) is 24.8. The van der Waals surface area contributed by atoms with Crippen molar-refractivity contribution in [2.24, 2.45) is 7.05 Å². The van der Waals surface area contributed by atoms with E-state index in [-0.39, 0.29) is 68.4 Å². The van der Waals surface area contributed by atoms with Crippen molar-refractivity contribution in [3.8, 4) is 5.75 Å². The maximum Gasteiger partial charge on any atom is 0.257 e. The lowest BCUT2D eigenvalue weighted by atomic mass is 9.97. The van der Waals surface area contributed by atoms with Crippen molar-refractivity contribution in [3.63, 3.8) is 0 Å². The molecule has 0 bridgehead atoms. The molecule has 0 saturated carbocycles. The number of piperazine rings is 1. The lowest BCUT2D eigenvalue weighted by Gasteiger charge is -2.55. The third-order valence-electron chi connectivity index (χ3n) is 11.8. The highest BCUT2D eigenvalue weighted by Crippen LogP contribution is 2.32. The summed E-state index contributed by atoms with van der Waals surface area (Å²) >= 11 is 0. The average molecular weight is 840 g/mol. The Bertz CT molecular complexity index is 2400. The Labute approximate surface area is 361 Å². The number of carbonyl (C=O) groups is 4. The Morgan fingerprint density at radius 1 is 0.968 bits per heavy atom. The monoisotopic (exact) mass is 839 g/mol. The fraction of sp³-hybridized carbons (Fsp3) is 0.340. The topological polar surface area (TPSA) is 156 Å². The highest BCUT2D eigenvalue weighted by atomic mass is 16.5. The van der Waals surface area contributed by atoms with Crippen molar-refractivity contribution in [1.29, 1.82) is 0 Å². The van der Waals surface area contributed by atoms with E-state index in [9.17, 15) is 24.3 Å². The molecule has 3 N–H and O–H groups in total. The van der Waals surface area contributed by atoms with E-state index in [4.69, 9.17) is 4.74 Å². The smallest absolute Gasteiger partial charge is 0.257 e. The van der Waals surface area contributed by atoms with E-state index in [1.807, 2.05) is 72.3 Å². The van der Waals surface area contributed by atoms with Crippen LogP contribution < -0.4 is 10.6 Å². The normalized spacial score (nSPS) is 18.5. The zero-order valence-corrected chi connectivity index (χ0v) is 35.0. The minimum atomic E-state index is -0.921. The van der Waals surface area contributed by atoms with Gasteiger partial charge in [0.1, 0.15) is 23.8 Å². The highest BCUT2D eigenvalue weighted by molar-refractivity contribution is 6.13. The lowest BCUT2D eigenvalue weighted by molar-refractivity contribution is -0.205. The van der Waals surface area contributed by atoms with Gasteiger partial charge in [0.15, 0.2) is 0 Å². The first-order chi connectivity index (χ1) is 30.2. The molecule has 2 unspecified atom stereocenters. The first kappa shape index (κ1) is 42.2. The largest absolute Gasteiger partial charge is 0.508 e. The number of fused-ring (bicyclic) bond motifs is 2. The number of ether oxygens (including phenoxy) is 1. The van der Waals surface area contributed by atoms with Crippen molar-refractivity contribution in [2.75, 3.05) is 69.7 Å². The van der Waals surface area contributed by atoms with Crippen molar-refractivity contribution in [3.05, 3.63) is 132 Å². The molecule has 0 spiro atoms. The number of nitrogens with zero attached hydrogens (tertiary/aromatic N) is 7. The molecule has 15 nitrogen and oxygen atoms in total. The molecule has 5 heterocycles. The molecule has 3 aliphatic rings. The number of rotatable bonds is 15. The van der Waals surface area contributed by atoms with Gasteiger partial charge in [0, 0.05) is 70.7 Å². The van der Waals surface area contributed by atoms with E-state index in [2.05, 4.69) is 27.1 Å². The van der Waals surface area contributed by atoms with Gasteiger partial charge in [0.2, 0.25) is 17.7 Å². The van der Waals surface area contributed by atoms with Gasteiger partial charge in [0.05, 0.1) is 49.3 Å². The number of phenols is 1. The molecule has 15 heteroatoms. The Hall–Kier alpha value is -6.55. The Morgan fingerprint density at radius 2 is 1.76 bits per heavy atom. The number of hydrogen-bond acceptors (Lipinski definition) is 10. The molecule has 0 aliphatic carbocycles. The van der Waals surface area contributed by atoms with Crippen molar-refractivity contribution in [1.82, 2.24) is 34.3 Å². The summed E-state index contributed by atoms with van der Waals surface area (Å²) < 4.78 is 7.32. The van der Waals surface area contributed by atoms with E-state index >= 15 is 0 Å². The second-order valence-corrected chi connectivity index (χ2v) is 16.0. The number of nitrogens with one attached hydrogen (secondary N) is 2. The zero-order valence-electron chi connectivity index (χ0n) is 35.0. The molecule has 322 valence electrons. The molecule has 4 amide bonds. The van der Waals surface area contributed by atoms with Gasteiger partial charge in [-0.05, 0) is 47.4 Å². The standard InChI is InChI=1S/C47H53N9O6/c1-3-21-54-32-44(59)55-40(27-34-12-16-37(57)17-13-34)47(61)53(31-42(55)56(54)43(58)19-14-33-8-5-4-6-9-33)29-35-10-7-11-38-39(30-51(2)45(35)38)46(60)50-36-15-18-41(49-28-36)48-20-22-52-23-25-62-26-24-52/h3-13,15-18,28,30,40,42,57H,1,14,19-27,29,31-32H2,2H3,(H,48,49)(H,50,60). The van der Waals surface area contributed by atoms with E-state index in [1.165, 1.54) is 0 Å². The van der Waals surface area contributed by atoms with Crippen LogP contribution in [-0.2, 0) is 45.6 Å². The van der Waals surface area contributed by atoms with Gasteiger partial charge in [-0.2, -0.15) is 0 Å². The number of phenolic OH excluding ortho intramolecular Hbond substituents is 1. The minimum absolute atomic E-state index is 0.0700. The van der Waals surface area contributed by atoms with E-state index in [0.717, 1.165) is 67.4 Å². The molecular weight excluding hydrogens is 787 g/mol. The fourth-order valence-electron chi connectivity index (χ4n) is 8.77. The summed E-state index contributed by atoms with van der Waals surface area (Å²) in [6.45, 7) is 9.30. The summed E-state index contributed by atoms with van der Waals surface area (Å²) in [5.41, 5.74) is 4.38. The molecule has 2 atom stereocenters. The number of anilines is 2. The molecule has 3 saturated heterocycles. The molecule has 62 heavy (non-hydrogen) atoms. The van der Waals surface area contributed by atoms with E-state index < -0.39 is 12.2 Å². The molecule has 8 rings (SSSR count). The number of aromatic nitrogens is 2. The highest BCUT2D eigenvalue weighted by Gasteiger charge is 2.51. The van der Waals surface area contributed by atoms with Gasteiger partial charge in [-0.1, -0.05) is 66.7 Å². The first-order valence-corrected chi connectivity index (χ1v) is 21.1. The van der Waals surface area contributed by atoms with Crippen molar-refractivity contribution < 1.29 is 29.0 Å². The van der Waals surface area contributed by atoms with Crippen molar-refractivity contribution in [2.45, 2.75) is 38.0 Å². The summed E-state index contributed by atoms with van der Waals surface area (Å²) in [5, 5.41) is 20.4. The maximum atomic E-state index is 14.7. The van der Waals surface area contributed by atoms with Crippen LogP contribution in [0.1, 0.15) is 33.5 Å². The summed E-state index contributed by atoms with van der Waals surface area (Å²) in [6.07, 6.45) is 5.20. The number of carbonyl (C=O) groups excluding carboxylic acids is 4. The van der Waals surface area contributed by atoms with Crippen LogP contribution in [0, 0.1) is 0 Å². The number of hydrazine groups is 1. The number of benzene rings is 3. The average Bonchev–Trinajstić information content (AvgIpc) is 3.63. The SMILES string of the molecule is C=CCN1CC(=O)N2C(Cc3ccc(O)cc3)C(=O)N(Cc3cccc4c(C(=O)Nc5ccc(NCCN6CCOCC6)nc5)cn(C)c34)CC2N1C(=O)CCc1ccccc1. The number of hydrogen-bond donors (Lipinski definition) is 3. The van der Waals surface area contributed by atoms with Crippen molar-refractivity contribution >= 4 is 46.0 Å². The third kappa shape index (κ3) is 9.34. The van der Waals surface area contributed by atoms with Crippen LogP contribution in [0.5, 0.6) is 5.75 Å². The van der Waals surface area contributed by atoms with E-state index in [1.54, 1.807) is 62.6 Å². The van der Waals surface area contributed by atoms with Crippen LogP contribution in [0.3, 0.4) is 0 Å². The van der Waals surface area contributed by atoms with Gasteiger partial charge in [-0.25, -0.2) is 15.0 Å². The Balaban J connectivity index is 1.04. The van der Waals surface area contributed by atoms with Crippen LogP contribution in [-0.4, -0.2) is 134 Å². The fourth-order valence-corrected chi connectivity index (χ4v) is 8.77. The van der Waals surface area contributed by atoms with Gasteiger partial charge in [-0.15, -0.1) is 6.58 Å². The molecule has 3 fully saturated rings. The maximum absolute atomic E-state index is 14.7. The van der Waals surface area contributed by atoms with Crippen LogP contribution >= 0.6 is 0 Å². The predicted molar refractivity (Wildman–Crippen MR) is 236 cm³/mol. The molecule has 0 radical (unpaired) electrons.